The normalized spacial score (nSPS) is 15.4. The number of aromatic nitrogens is 1. The number of rotatable bonds is 7. The second kappa shape index (κ2) is 11.6. The zero-order valence-electron chi connectivity index (χ0n) is 20.2. The highest BCUT2D eigenvalue weighted by atomic mass is 127. The average Bonchev–Trinajstić information content (AvgIpc) is 3.16. The van der Waals surface area contributed by atoms with Gasteiger partial charge >= 0.3 is 5.97 Å². The first-order chi connectivity index (χ1) is 17.7. The molecule has 2 heterocycles. The molecule has 1 N–H and O–H groups in total. The van der Waals surface area contributed by atoms with Crippen molar-refractivity contribution in [1.82, 2.24) is 4.57 Å². The lowest BCUT2D eigenvalue weighted by Crippen LogP contribution is -2.40. The van der Waals surface area contributed by atoms with Gasteiger partial charge in [-0.25, -0.2) is 9.79 Å². The number of hydrogen-bond acceptors (Lipinski definition) is 7. The minimum Gasteiger partial charge on any atom is -0.506 e. The Hall–Kier alpha value is -2.34. The third-order valence-corrected chi connectivity index (χ3v) is 7.98. The van der Waals surface area contributed by atoms with Crippen molar-refractivity contribution >= 4 is 69.2 Å². The maximum absolute atomic E-state index is 13.9. The molecular formula is C26H23Cl2IN2O5S. The van der Waals surface area contributed by atoms with E-state index in [-0.39, 0.29) is 23.5 Å². The first kappa shape index (κ1) is 27.7. The van der Waals surface area contributed by atoms with Crippen LogP contribution in [0.3, 0.4) is 0 Å². The molecule has 1 aliphatic rings. The Bertz CT molecular complexity index is 1600. The van der Waals surface area contributed by atoms with Gasteiger partial charge in [-0.05, 0) is 72.3 Å². The number of allylic oxidation sites excluding steroid dienone is 1. The molecule has 37 heavy (non-hydrogen) atoms. The van der Waals surface area contributed by atoms with Crippen LogP contribution in [-0.2, 0) is 9.53 Å². The average molecular weight is 673 g/mol. The first-order valence-electron chi connectivity index (χ1n) is 11.4. The van der Waals surface area contributed by atoms with Crippen LogP contribution in [0.25, 0.3) is 6.08 Å². The maximum Gasteiger partial charge on any atom is 0.338 e. The minimum absolute atomic E-state index is 0.0165. The third kappa shape index (κ3) is 5.45. The molecule has 0 aliphatic carbocycles. The molecule has 1 atom stereocenters. The van der Waals surface area contributed by atoms with E-state index in [1.807, 2.05) is 29.5 Å². The van der Waals surface area contributed by atoms with E-state index in [2.05, 4.69) is 0 Å². The van der Waals surface area contributed by atoms with Crippen molar-refractivity contribution in [2.45, 2.75) is 32.7 Å². The lowest BCUT2D eigenvalue weighted by Gasteiger charge is -2.27. The second-order valence-corrected chi connectivity index (χ2v) is 11.2. The van der Waals surface area contributed by atoms with Crippen molar-refractivity contribution in [2.75, 3.05) is 13.7 Å². The largest absolute Gasteiger partial charge is 0.506 e. The van der Waals surface area contributed by atoms with Crippen LogP contribution in [0.5, 0.6) is 11.5 Å². The standard InChI is InChI=1S/C26H23Cl2IN2O5S/c1-4-6-18-21(25(34)36-5-2)22(16-11-14(27)7-8-19(16)35-3)31-24(33)20(37-26(31)30-18)10-13-9-15(28)12-17(29)23(13)32/h7-12,22,32H,4-6H2,1-3H3/b20-10+/t22-/m1/s1. The number of halogens is 3. The Kier molecular flexibility index (Phi) is 8.67. The van der Waals surface area contributed by atoms with Crippen LogP contribution in [0, 0.1) is 3.57 Å². The monoisotopic (exact) mass is 672 g/mol. The van der Waals surface area contributed by atoms with E-state index in [4.69, 9.17) is 37.7 Å². The van der Waals surface area contributed by atoms with Crippen molar-refractivity contribution in [3.63, 3.8) is 0 Å². The van der Waals surface area contributed by atoms with Gasteiger partial charge in [0, 0.05) is 21.2 Å². The number of carbonyl (C=O) groups is 1. The van der Waals surface area contributed by atoms with E-state index in [1.54, 1.807) is 43.3 Å². The summed E-state index contributed by atoms with van der Waals surface area (Å²) in [7, 11) is 1.51. The number of aromatic hydroxyl groups is 1. The summed E-state index contributed by atoms with van der Waals surface area (Å²) < 4.78 is 13.4. The lowest BCUT2D eigenvalue weighted by atomic mass is 9.93. The molecule has 0 amide bonds. The number of phenolic OH excluding ortho intramolecular Hbond substituents is 1. The number of methoxy groups -OCH3 is 1. The van der Waals surface area contributed by atoms with Gasteiger partial charge in [-0.15, -0.1) is 0 Å². The molecule has 0 spiro atoms. The highest BCUT2D eigenvalue weighted by Gasteiger charge is 2.36. The summed E-state index contributed by atoms with van der Waals surface area (Å²) in [4.78, 5) is 32.3. The Labute approximate surface area is 240 Å². The Morgan fingerprint density at radius 1 is 1.24 bits per heavy atom. The third-order valence-electron chi connectivity index (χ3n) is 5.72. The predicted octanol–water partition coefficient (Wildman–Crippen LogP) is 5.20. The van der Waals surface area contributed by atoms with E-state index in [9.17, 15) is 14.7 Å². The van der Waals surface area contributed by atoms with Gasteiger partial charge in [0.2, 0.25) is 0 Å². The SMILES string of the molecule is CCCC1=C(C(=O)OCC)[C@@H](c2cc(Cl)ccc2OC)n2c(s/c(=C/c3cc(Cl)cc(I)c3O)c2=O)=N1. The summed E-state index contributed by atoms with van der Waals surface area (Å²) in [6.07, 6.45) is 2.81. The van der Waals surface area contributed by atoms with E-state index >= 15 is 0 Å². The zero-order valence-corrected chi connectivity index (χ0v) is 24.7. The number of fused-ring (bicyclic) bond motifs is 1. The molecular weight excluding hydrogens is 650 g/mol. The molecule has 1 aliphatic heterocycles. The number of carbonyl (C=O) groups excluding carboxylic acids is 1. The molecule has 0 radical (unpaired) electrons. The van der Waals surface area contributed by atoms with Gasteiger partial charge < -0.3 is 14.6 Å². The van der Waals surface area contributed by atoms with Gasteiger partial charge in [0.15, 0.2) is 4.80 Å². The van der Waals surface area contributed by atoms with Gasteiger partial charge in [-0.1, -0.05) is 47.9 Å². The predicted molar refractivity (Wildman–Crippen MR) is 153 cm³/mol. The van der Waals surface area contributed by atoms with E-state index in [0.29, 0.717) is 51.9 Å². The van der Waals surface area contributed by atoms with Crippen LogP contribution >= 0.6 is 57.1 Å². The molecule has 0 unspecified atom stereocenters. The second-order valence-electron chi connectivity index (χ2n) is 8.13. The smallest absolute Gasteiger partial charge is 0.338 e. The van der Waals surface area contributed by atoms with Crippen molar-refractivity contribution in [3.05, 3.63) is 86.0 Å². The molecule has 3 aromatic rings. The van der Waals surface area contributed by atoms with Crippen LogP contribution < -0.4 is 19.6 Å². The van der Waals surface area contributed by atoms with Gasteiger partial charge in [-0.3, -0.25) is 9.36 Å². The fourth-order valence-corrected chi connectivity index (χ4v) is 6.42. The topological polar surface area (TPSA) is 90.1 Å². The summed E-state index contributed by atoms with van der Waals surface area (Å²) in [5.41, 5.74) is 1.36. The molecule has 2 aromatic carbocycles. The van der Waals surface area contributed by atoms with Crippen molar-refractivity contribution in [3.8, 4) is 11.5 Å². The molecule has 0 bridgehead atoms. The first-order valence-corrected chi connectivity index (χ1v) is 14.1. The molecule has 0 saturated carbocycles. The van der Waals surface area contributed by atoms with E-state index in [0.717, 1.165) is 17.8 Å². The van der Waals surface area contributed by atoms with Gasteiger partial charge in [-0.2, -0.15) is 0 Å². The number of nitrogens with zero attached hydrogens (tertiary/aromatic N) is 2. The fourth-order valence-electron chi connectivity index (χ4n) is 4.17. The van der Waals surface area contributed by atoms with E-state index in [1.165, 1.54) is 11.7 Å². The zero-order chi connectivity index (χ0) is 26.9. The minimum atomic E-state index is -0.874. The van der Waals surface area contributed by atoms with Crippen LogP contribution in [0.15, 0.2) is 51.4 Å². The van der Waals surface area contributed by atoms with Gasteiger partial charge in [0.25, 0.3) is 5.56 Å². The molecule has 194 valence electrons. The number of benzene rings is 2. The summed E-state index contributed by atoms with van der Waals surface area (Å²) in [5, 5.41) is 11.4. The Morgan fingerprint density at radius 3 is 2.68 bits per heavy atom. The maximum atomic E-state index is 13.9. The van der Waals surface area contributed by atoms with Crippen LogP contribution in [0.4, 0.5) is 0 Å². The van der Waals surface area contributed by atoms with Gasteiger partial charge in [0.05, 0.1) is 33.1 Å². The van der Waals surface area contributed by atoms with Crippen molar-refractivity contribution < 1.29 is 19.4 Å². The highest BCUT2D eigenvalue weighted by Crippen LogP contribution is 2.38. The van der Waals surface area contributed by atoms with E-state index < -0.39 is 12.0 Å². The number of hydrogen-bond donors (Lipinski definition) is 1. The summed E-state index contributed by atoms with van der Waals surface area (Å²) in [6, 6.07) is 7.40. The molecule has 4 rings (SSSR count). The molecule has 1 aromatic heterocycles. The Balaban J connectivity index is 2.08. The molecule has 7 nitrogen and oxygen atoms in total. The summed E-state index contributed by atoms with van der Waals surface area (Å²) >= 11 is 15.7. The fraction of sp³-hybridized carbons (Fsp3) is 0.269. The van der Waals surface area contributed by atoms with Crippen LogP contribution in [-0.4, -0.2) is 29.4 Å². The number of esters is 1. The van der Waals surface area contributed by atoms with Crippen LogP contribution in [0.2, 0.25) is 10.0 Å². The number of phenols is 1. The van der Waals surface area contributed by atoms with Crippen molar-refractivity contribution in [1.29, 1.82) is 0 Å². The molecule has 11 heteroatoms. The summed E-state index contributed by atoms with van der Waals surface area (Å²) in [5.74, 6) is -0.0774. The Morgan fingerprint density at radius 2 is 2.00 bits per heavy atom. The number of thiazole rings is 1. The highest BCUT2D eigenvalue weighted by molar-refractivity contribution is 14.1. The number of ether oxygens (including phenoxy) is 2. The van der Waals surface area contributed by atoms with Crippen LogP contribution in [0.1, 0.15) is 43.9 Å². The van der Waals surface area contributed by atoms with Gasteiger partial charge in [0.1, 0.15) is 17.5 Å². The quantitative estimate of drug-likeness (QED) is 0.275. The lowest BCUT2D eigenvalue weighted by molar-refractivity contribution is -0.139. The molecule has 0 fully saturated rings. The molecule has 0 saturated heterocycles. The van der Waals surface area contributed by atoms with Crippen molar-refractivity contribution in [2.24, 2.45) is 4.99 Å². The summed E-state index contributed by atoms with van der Waals surface area (Å²) in [6.45, 7) is 3.87.